The first-order valence-electron chi connectivity index (χ1n) is 6.29. The normalized spacial score (nSPS) is 11.4. The quantitative estimate of drug-likeness (QED) is 0.862. The summed E-state index contributed by atoms with van der Waals surface area (Å²) in [5, 5.41) is 12.9. The summed E-state index contributed by atoms with van der Waals surface area (Å²) >= 11 is 0. The lowest BCUT2D eigenvalue weighted by Crippen LogP contribution is -2.47. The van der Waals surface area contributed by atoms with Gasteiger partial charge in [-0.15, -0.1) is 0 Å². The molecule has 1 aromatic rings. The zero-order chi connectivity index (χ0) is 13.8. The molecule has 0 heterocycles. The van der Waals surface area contributed by atoms with Gasteiger partial charge in [-0.2, -0.15) is 5.26 Å². The smallest absolute Gasteiger partial charge is 0.130 e. The minimum atomic E-state index is -0.563. The van der Waals surface area contributed by atoms with Crippen molar-refractivity contribution in [3.05, 3.63) is 24.3 Å². The Kier molecular flexibility index (Phi) is 4.61. The lowest BCUT2D eigenvalue weighted by Gasteiger charge is -2.36. The molecular weight excluding hydrogens is 224 g/mol. The van der Waals surface area contributed by atoms with Gasteiger partial charge in [-0.05, 0) is 24.0 Å². The molecule has 3 heteroatoms. The van der Waals surface area contributed by atoms with Crippen LogP contribution in [0, 0.1) is 23.2 Å². The number of rotatable bonds is 5. The molecule has 98 valence electrons. The first-order chi connectivity index (χ1) is 8.46. The van der Waals surface area contributed by atoms with Crippen molar-refractivity contribution in [2.75, 3.05) is 12.4 Å². The number of nitrogens with one attached hydrogen (secondary N) is 1. The maximum absolute atomic E-state index is 9.56. The summed E-state index contributed by atoms with van der Waals surface area (Å²) in [5.41, 5.74) is 0.352. The van der Waals surface area contributed by atoms with E-state index in [-0.39, 0.29) is 11.8 Å². The summed E-state index contributed by atoms with van der Waals surface area (Å²) in [5.74, 6) is 1.22. The van der Waals surface area contributed by atoms with Crippen LogP contribution in [0.4, 0.5) is 5.69 Å². The summed E-state index contributed by atoms with van der Waals surface area (Å²) in [6, 6.07) is 10.1. The van der Waals surface area contributed by atoms with Gasteiger partial charge in [-0.25, -0.2) is 0 Å². The van der Waals surface area contributed by atoms with E-state index in [4.69, 9.17) is 4.74 Å². The van der Waals surface area contributed by atoms with Crippen molar-refractivity contribution in [3.8, 4) is 11.8 Å². The molecule has 1 aromatic carbocycles. The van der Waals surface area contributed by atoms with Gasteiger partial charge in [0.2, 0.25) is 0 Å². The molecule has 0 amide bonds. The van der Waals surface area contributed by atoms with Gasteiger partial charge in [0.05, 0.1) is 13.2 Å². The van der Waals surface area contributed by atoms with E-state index in [0.717, 1.165) is 11.4 Å². The molecule has 0 saturated heterocycles. The van der Waals surface area contributed by atoms with E-state index in [1.54, 1.807) is 7.11 Å². The van der Waals surface area contributed by atoms with Crippen LogP contribution in [-0.4, -0.2) is 12.6 Å². The second kappa shape index (κ2) is 5.77. The maximum atomic E-state index is 9.56. The van der Waals surface area contributed by atoms with Crippen LogP contribution in [0.5, 0.6) is 5.75 Å². The molecule has 0 atom stereocenters. The number of nitrogens with zero attached hydrogens (tertiary/aromatic N) is 1. The highest BCUT2D eigenvalue weighted by atomic mass is 16.5. The topological polar surface area (TPSA) is 45.0 Å². The van der Waals surface area contributed by atoms with Gasteiger partial charge in [0.25, 0.3) is 0 Å². The Bertz CT molecular complexity index is 424. The Morgan fingerprint density at radius 1 is 1.22 bits per heavy atom. The van der Waals surface area contributed by atoms with E-state index in [9.17, 15) is 5.26 Å². The fraction of sp³-hybridized carbons (Fsp3) is 0.533. The molecule has 1 rings (SSSR count). The van der Waals surface area contributed by atoms with Crippen LogP contribution in [0.3, 0.4) is 0 Å². The number of benzene rings is 1. The average molecular weight is 246 g/mol. The van der Waals surface area contributed by atoms with Gasteiger partial charge in [0, 0.05) is 11.8 Å². The molecule has 0 aliphatic heterocycles. The van der Waals surface area contributed by atoms with E-state index in [1.165, 1.54) is 0 Å². The molecular formula is C15H22N2O. The molecule has 0 aliphatic carbocycles. The van der Waals surface area contributed by atoms with Gasteiger partial charge in [-0.1, -0.05) is 33.8 Å². The number of nitriles is 1. The molecule has 0 aliphatic rings. The number of ether oxygens (including phenoxy) is 1. The largest absolute Gasteiger partial charge is 0.497 e. The predicted octanol–water partition coefficient (Wildman–Crippen LogP) is 3.68. The van der Waals surface area contributed by atoms with Crippen molar-refractivity contribution < 1.29 is 4.74 Å². The third-order valence-electron chi connectivity index (χ3n) is 3.43. The fourth-order valence-corrected chi connectivity index (χ4v) is 2.18. The lowest BCUT2D eigenvalue weighted by atomic mass is 9.78. The first-order valence-corrected chi connectivity index (χ1v) is 6.29. The Hall–Kier alpha value is -1.69. The summed E-state index contributed by atoms with van der Waals surface area (Å²) in [4.78, 5) is 0. The average Bonchev–Trinajstić information content (AvgIpc) is 2.35. The molecule has 1 N–H and O–H groups in total. The van der Waals surface area contributed by atoms with Crippen LogP contribution in [0.1, 0.15) is 27.7 Å². The van der Waals surface area contributed by atoms with E-state index in [0.29, 0.717) is 0 Å². The van der Waals surface area contributed by atoms with Crippen LogP contribution in [0.2, 0.25) is 0 Å². The molecule has 0 bridgehead atoms. The number of hydrogen-bond donors (Lipinski definition) is 1. The van der Waals surface area contributed by atoms with E-state index in [2.05, 4.69) is 39.1 Å². The molecule has 0 fully saturated rings. The fourth-order valence-electron chi connectivity index (χ4n) is 2.18. The van der Waals surface area contributed by atoms with Gasteiger partial charge in [0.15, 0.2) is 0 Å². The van der Waals surface area contributed by atoms with Crippen LogP contribution in [0.15, 0.2) is 24.3 Å². The van der Waals surface area contributed by atoms with Crippen LogP contribution < -0.4 is 10.1 Å². The highest BCUT2D eigenvalue weighted by Gasteiger charge is 2.37. The zero-order valence-electron chi connectivity index (χ0n) is 11.8. The van der Waals surface area contributed by atoms with Crippen molar-refractivity contribution >= 4 is 5.69 Å². The summed E-state index contributed by atoms with van der Waals surface area (Å²) in [6.45, 7) is 8.26. The van der Waals surface area contributed by atoms with Crippen molar-refractivity contribution in [1.29, 1.82) is 5.26 Å². The second-order valence-corrected chi connectivity index (χ2v) is 5.15. The van der Waals surface area contributed by atoms with Gasteiger partial charge >= 0.3 is 0 Å². The molecule has 0 unspecified atom stereocenters. The lowest BCUT2D eigenvalue weighted by molar-refractivity contribution is 0.327. The highest BCUT2D eigenvalue weighted by Crippen LogP contribution is 2.31. The molecule has 0 radical (unpaired) electrons. The summed E-state index contributed by atoms with van der Waals surface area (Å²) < 4.78 is 5.20. The minimum Gasteiger partial charge on any atom is -0.497 e. The second-order valence-electron chi connectivity index (χ2n) is 5.15. The first kappa shape index (κ1) is 14.4. The number of hydrogen-bond acceptors (Lipinski definition) is 3. The molecule has 0 aromatic heterocycles. The van der Waals surface area contributed by atoms with Gasteiger partial charge < -0.3 is 10.1 Å². The predicted molar refractivity (Wildman–Crippen MR) is 74.6 cm³/mol. The van der Waals surface area contributed by atoms with Crippen molar-refractivity contribution in [3.63, 3.8) is 0 Å². The zero-order valence-corrected chi connectivity index (χ0v) is 11.8. The van der Waals surface area contributed by atoms with E-state index >= 15 is 0 Å². The van der Waals surface area contributed by atoms with Crippen molar-refractivity contribution in [1.82, 2.24) is 0 Å². The number of anilines is 1. The molecule has 0 spiro atoms. The Labute approximate surface area is 110 Å². The molecule has 3 nitrogen and oxygen atoms in total. The van der Waals surface area contributed by atoms with E-state index in [1.807, 2.05) is 24.3 Å². The number of methoxy groups -OCH3 is 1. The third-order valence-corrected chi connectivity index (χ3v) is 3.43. The SMILES string of the molecule is COc1cccc(NC(C#N)(C(C)C)C(C)C)c1. The standard InChI is InChI=1S/C15H22N2O/c1-11(2)15(10-16,12(3)4)17-13-7-6-8-14(9-13)18-5/h6-9,11-12,17H,1-5H3. The van der Waals surface area contributed by atoms with Crippen LogP contribution in [0.25, 0.3) is 0 Å². The third kappa shape index (κ3) is 2.76. The Morgan fingerprint density at radius 2 is 1.83 bits per heavy atom. The monoisotopic (exact) mass is 246 g/mol. The Balaban J connectivity index is 3.07. The van der Waals surface area contributed by atoms with Gasteiger partial charge in [0.1, 0.15) is 11.3 Å². The van der Waals surface area contributed by atoms with Gasteiger partial charge in [-0.3, -0.25) is 0 Å². The summed E-state index contributed by atoms with van der Waals surface area (Å²) in [6.07, 6.45) is 0. The highest BCUT2D eigenvalue weighted by molar-refractivity contribution is 5.52. The molecule has 18 heavy (non-hydrogen) atoms. The van der Waals surface area contributed by atoms with Crippen molar-refractivity contribution in [2.45, 2.75) is 33.2 Å². The van der Waals surface area contributed by atoms with Crippen LogP contribution >= 0.6 is 0 Å². The van der Waals surface area contributed by atoms with E-state index < -0.39 is 5.54 Å². The molecule has 0 saturated carbocycles. The van der Waals surface area contributed by atoms with Crippen molar-refractivity contribution in [2.24, 2.45) is 11.8 Å². The minimum absolute atomic E-state index is 0.216. The Morgan fingerprint density at radius 3 is 2.28 bits per heavy atom. The maximum Gasteiger partial charge on any atom is 0.130 e. The van der Waals surface area contributed by atoms with Crippen LogP contribution in [-0.2, 0) is 0 Å². The summed E-state index contributed by atoms with van der Waals surface area (Å²) in [7, 11) is 1.64.